The molecule has 0 radical (unpaired) electrons. The average molecular weight is 299 g/mol. The van der Waals surface area contributed by atoms with Crippen molar-refractivity contribution in [3.8, 4) is 6.07 Å². The Kier molecular flexibility index (Phi) is 4.39. The zero-order valence-corrected chi connectivity index (χ0v) is 12.5. The summed E-state index contributed by atoms with van der Waals surface area (Å²) in [5, 5.41) is 19.3. The summed E-state index contributed by atoms with van der Waals surface area (Å²) in [5.74, 6) is 0. The molecule has 116 valence electrons. The van der Waals surface area contributed by atoms with Crippen LogP contribution in [0.1, 0.15) is 18.4 Å². The second-order valence-electron chi connectivity index (χ2n) is 5.88. The largest absolute Gasteiger partial charge is 0.368 e. The molecule has 1 fully saturated rings. The molecule has 1 atom stereocenters. The van der Waals surface area contributed by atoms with Gasteiger partial charge in [0.1, 0.15) is 0 Å². The Hall–Kier alpha value is -1.94. The molecule has 2 aliphatic rings. The van der Waals surface area contributed by atoms with Crippen molar-refractivity contribution in [2.75, 3.05) is 31.1 Å². The van der Waals surface area contributed by atoms with Gasteiger partial charge in [0.2, 0.25) is 0 Å². The maximum Gasteiger partial charge on any atom is 0.163 e. The molecule has 3 rings (SSSR count). The lowest BCUT2D eigenvalue weighted by Gasteiger charge is -2.35. The number of piperidine rings is 1. The molecular formula is C16H21N5O. The minimum absolute atomic E-state index is 0.322. The third-order valence-electron chi connectivity index (χ3n) is 4.37. The van der Waals surface area contributed by atoms with Crippen LogP contribution in [0.5, 0.6) is 0 Å². The highest BCUT2D eigenvalue weighted by atomic mass is 16.3. The van der Waals surface area contributed by atoms with Gasteiger partial charge in [0.05, 0.1) is 29.2 Å². The number of hydrogen-bond donors (Lipinski definition) is 2. The molecule has 2 heterocycles. The van der Waals surface area contributed by atoms with E-state index in [2.05, 4.69) is 16.0 Å². The normalized spacial score (nSPS) is 22.4. The number of aliphatic imine (C=N–C) groups is 1. The zero-order chi connectivity index (χ0) is 15.5. The summed E-state index contributed by atoms with van der Waals surface area (Å²) in [4.78, 5) is 8.52. The van der Waals surface area contributed by atoms with Crippen molar-refractivity contribution in [2.24, 2.45) is 10.7 Å². The molecule has 0 spiro atoms. The molecule has 3 N–H and O–H groups in total. The van der Waals surface area contributed by atoms with Gasteiger partial charge in [-0.1, -0.05) is 0 Å². The highest BCUT2D eigenvalue weighted by Gasteiger charge is 2.23. The summed E-state index contributed by atoms with van der Waals surface area (Å²) < 4.78 is 0. The number of likely N-dealkylation sites (tertiary alicyclic amines) is 1. The van der Waals surface area contributed by atoms with E-state index in [1.165, 1.54) is 0 Å². The Balaban J connectivity index is 1.71. The van der Waals surface area contributed by atoms with Crippen molar-refractivity contribution in [2.45, 2.75) is 25.1 Å². The van der Waals surface area contributed by atoms with Gasteiger partial charge in [0.25, 0.3) is 0 Å². The fourth-order valence-corrected chi connectivity index (χ4v) is 2.98. The van der Waals surface area contributed by atoms with Crippen LogP contribution in [0.15, 0.2) is 23.2 Å². The Bertz CT molecular complexity index is 601. The number of rotatable bonds is 3. The molecule has 1 unspecified atom stereocenters. The second kappa shape index (κ2) is 6.44. The van der Waals surface area contributed by atoms with Gasteiger partial charge < -0.3 is 20.6 Å². The van der Waals surface area contributed by atoms with E-state index in [0.29, 0.717) is 18.2 Å². The molecule has 2 aliphatic heterocycles. The first-order chi connectivity index (χ1) is 10.7. The maximum absolute atomic E-state index is 10.2. The van der Waals surface area contributed by atoms with Crippen molar-refractivity contribution in [1.29, 1.82) is 5.26 Å². The number of anilines is 1. The molecule has 22 heavy (non-hydrogen) atoms. The third-order valence-corrected chi connectivity index (χ3v) is 4.37. The van der Waals surface area contributed by atoms with Gasteiger partial charge in [-0.2, -0.15) is 5.26 Å². The smallest absolute Gasteiger partial charge is 0.163 e. The lowest BCUT2D eigenvalue weighted by Crippen LogP contribution is -2.46. The number of hydrogen-bond acceptors (Lipinski definition) is 6. The molecular weight excluding hydrogens is 278 g/mol. The van der Waals surface area contributed by atoms with Gasteiger partial charge in [-0.15, -0.1) is 0 Å². The van der Waals surface area contributed by atoms with Crippen LogP contribution in [-0.2, 0) is 0 Å². The predicted molar refractivity (Wildman–Crippen MR) is 86.3 cm³/mol. The van der Waals surface area contributed by atoms with Gasteiger partial charge in [-0.3, -0.25) is 4.99 Å². The van der Waals surface area contributed by atoms with E-state index in [4.69, 9.17) is 11.0 Å². The number of nitrogens with zero attached hydrogens (tertiary/aromatic N) is 4. The summed E-state index contributed by atoms with van der Waals surface area (Å²) in [6.45, 7) is 3.58. The van der Waals surface area contributed by atoms with E-state index in [0.717, 1.165) is 43.9 Å². The van der Waals surface area contributed by atoms with Crippen molar-refractivity contribution in [1.82, 2.24) is 4.90 Å². The topological polar surface area (TPSA) is 88.9 Å². The van der Waals surface area contributed by atoms with Crippen LogP contribution < -0.4 is 10.6 Å². The Morgan fingerprint density at radius 3 is 2.82 bits per heavy atom. The Morgan fingerprint density at radius 2 is 2.09 bits per heavy atom. The van der Waals surface area contributed by atoms with Gasteiger partial charge in [-0.05, 0) is 44.1 Å². The first-order valence-corrected chi connectivity index (χ1v) is 7.68. The van der Waals surface area contributed by atoms with Gasteiger partial charge >= 0.3 is 0 Å². The van der Waals surface area contributed by atoms with Crippen LogP contribution in [0.25, 0.3) is 0 Å². The fraction of sp³-hybridized carbons (Fsp3) is 0.500. The van der Waals surface area contributed by atoms with E-state index >= 15 is 0 Å². The summed E-state index contributed by atoms with van der Waals surface area (Å²) in [7, 11) is 0. The number of fused-ring (bicyclic) bond motifs is 1. The molecule has 0 amide bonds. The minimum Gasteiger partial charge on any atom is -0.368 e. The molecule has 1 aromatic carbocycles. The molecule has 0 aromatic heterocycles. The summed E-state index contributed by atoms with van der Waals surface area (Å²) >= 11 is 0. The van der Waals surface area contributed by atoms with Gasteiger partial charge in [0.15, 0.2) is 6.23 Å². The second-order valence-corrected chi connectivity index (χ2v) is 5.88. The monoisotopic (exact) mass is 299 g/mol. The first-order valence-electron chi connectivity index (χ1n) is 7.68. The summed E-state index contributed by atoms with van der Waals surface area (Å²) in [6, 6.07) is 7.82. The number of nitrogens with two attached hydrogens (primary N) is 1. The van der Waals surface area contributed by atoms with Crippen LogP contribution in [-0.4, -0.2) is 54.7 Å². The molecule has 1 saturated heterocycles. The molecule has 6 heteroatoms. The van der Waals surface area contributed by atoms with E-state index in [-0.39, 0.29) is 0 Å². The quantitative estimate of drug-likeness (QED) is 0.862. The van der Waals surface area contributed by atoms with Crippen molar-refractivity contribution >= 4 is 17.6 Å². The van der Waals surface area contributed by atoms with Gasteiger partial charge in [-0.25, -0.2) is 0 Å². The highest BCUT2D eigenvalue weighted by Crippen LogP contribution is 2.33. The Morgan fingerprint density at radius 1 is 1.32 bits per heavy atom. The number of benzene rings is 1. The fourth-order valence-electron chi connectivity index (χ4n) is 2.98. The number of aliphatic hydroxyl groups is 1. The first kappa shape index (κ1) is 15.0. The zero-order valence-electron chi connectivity index (χ0n) is 12.5. The molecule has 1 aromatic rings. The maximum atomic E-state index is 10.2. The molecule has 0 bridgehead atoms. The van der Waals surface area contributed by atoms with Crippen LogP contribution in [0.3, 0.4) is 0 Å². The highest BCUT2D eigenvalue weighted by molar-refractivity contribution is 5.83. The van der Waals surface area contributed by atoms with E-state index in [1.54, 1.807) is 18.3 Å². The van der Waals surface area contributed by atoms with Crippen LogP contribution in [0.2, 0.25) is 0 Å². The lowest BCUT2D eigenvalue weighted by atomic mass is 10.1. The van der Waals surface area contributed by atoms with Crippen LogP contribution in [0.4, 0.5) is 11.4 Å². The van der Waals surface area contributed by atoms with E-state index in [1.807, 2.05) is 11.0 Å². The van der Waals surface area contributed by atoms with Crippen LogP contribution >= 0.6 is 0 Å². The average Bonchev–Trinajstić information content (AvgIpc) is 2.55. The van der Waals surface area contributed by atoms with E-state index in [9.17, 15) is 5.11 Å². The molecule has 0 aliphatic carbocycles. The molecule has 6 nitrogen and oxygen atoms in total. The third kappa shape index (κ3) is 3.12. The van der Waals surface area contributed by atoms with Crippen molar-refractivity contribution in [3.05, 3.63) is 23.8 Å². The lowest BCUT2D eigenvalue weighted by molar-refractivity contribution is 0.198. The standard InChI is InChI=1S/C16H21N5O/c17-10-12-1-2-14-15(9-12)21(16(22)11-19-14)8-7-20-5-3-13(18)4-6-20/h1-2,9,11,13,16,22H,3-8,18H2. The number of aliphatic hydroxyl groups excluding tert-OH is 1. The van der Waals surface area contributed by atoms with Crippen molar-refractivity contribution < 1.29 is 5.11 Å². The predicted octanol–water partition coefficient (Wildman–Crippen LogP) is 0.822. The number of nitriles is 1. The van der Waals surface area contributed by atoms with Crippen molar-refractivity contribution in [3.63, 3.8) is 0 Å². The van der Waals surface area contributed by atoms with Gasteiger partial charge in [0, 0.05) is 19.1 Å². The van der Waals surface area contributed by atoms with Crippen LogP contribution in [0, 0.1) is 11.3 Å². The minimum atomic E-state index is -0.742. The SMILES string of the molecule is N#Cc1ccc2c(c1)N(CCN1CCC(N)CC1)C(O)C=N2. The van der Waals surface area contributed by atoms with E-state index < -0.39 is 6.23 Å². The Labute approximate surface area is 130 Å². The molecule has 0 saturated carbocycles. The summed E-state index contributed by atoms with van der Waals surface area (Å²) in [6.07, 6.45) is 2.85. The summed E-state index contributed by atoms with van der Waals surface area (Å²) in [5.41, 5.74) is 8.13.